The fourth-order valence-electron chi connectivity index (χ4n) is 3.55. The van der Waals surface area contributed by atoms with E-state index in [4.69, 9.17) is 9.83 Å². The standard InChI is InChI=1S/C23H18N6O3/c24-20-17(22(30)26-13-15-5-3-8-25-12-15)11-18-21(29(20)14-16-6-4-10-32-16)27-19-7-1-2-9-28(19)23(18)31/h1-12,24H,13-14H2,(H,26,30). The van der Waals surface area contributed by atoms with Crippen LogP contribution in [0.5, 0.6) is 0 Å². The van der Waals surface area contributed by atoms with Gasteiger partial charge in [0.2, 0.25) is 0 Å². The minimum atomic E-state index is -0.466. The van der Waals surface area contributed by atoms with Gasteiger partial charge in [0.25, 0.3) is 11.5 Å². The van der Waals surface area contributed by atoms with E-state index in [0.29, 0.717) is 17.1 Å². The third kappa shape index (κ3) is 3.45. The molecule has 0 saturated heterocycles. The molecule has 9 heteroatoms. The van der Waals surface area contributed by atoms with Crippen molar-refractivity contribution in [3.63, 3.8) is 0 Å². The monoisotopic (exact) mass is 426 g/mol. The van der Waals surface area contributed by atoms with Crippen LogP contribution in [0.1, 0.15) is 21.7 Å². The van der Waals surface area contributed by atoms with Crippen molar-refractivity contribution in [1.82, 2.24) is 24.3 Å². The van der Waals surface area contributed by atoms with Gasteiger partial charge in [-0.15, -0.1) is 0 Å². The number of amides is 1. The SMILES string of the molecule is N=c1c(C(=O)NCc2cccnc2)cc2c(=O)n3ccccc3nc2n1Cc1ccco1. The van der Waals surface area contributed by atoms with Crippen LogP contribution in [0.25, 0.3) is 16.7 Å². The predicted molar refractivity (Wildman–Crippen MR) is 116 cm³/mol. The van der Waals surface area contributed by atoms with E-state index in [0.717, 1.165) is 5.56 Å². The number of fused-ring (bicyclic) bond motifs is 2. The molecule has 158 valence electrons. The Kier molecular flexibility index (Phi) is 4.83. The Morgan fingerprint density at radius 3 is 2.84 bits per heavy atom. The van der Waals surface area contributed by atoms with Gasteiger partial charge in [-0.3, -0.25) is 24.4 Å². The quantitative estimate of drug-likeness (QED) is 0.417. The highest BCUT2D eigenvalue weighted by atomic mass is 16.3. The first-order valence-electron chi connectivity index (χ1n) is 9.91. The van der Waals surface area contributed by atoms with Crippen molar-refractivity contribution in [2.45, 2.75) is 13.1 Å². The van der Waals surface area contributed by atoms with E-state index in [1.54, 1.807) is 55.0 Å². The third-order valence-corrected chi connectivity index (χ3v) is 5.13. The van der Waals surface area contributed by atoms with E-state index < -0.39 is 5.91 Å². The minimum Gasteiger partial charge on any atom is -0.467 e. The molecule has 0 aliphatic rings. The maximum Gasteiger partial charge on any atom is 0.267 e. The summed E-state index contributed by atoms with van der Waals surface area (Å²) in [6.45, 7) is 0.402. The minimum absolute atomic E-state index is 0.0650. The first-order valence-corrected chi connectivity index (χ1v) is 9.91. The summed E-state index contributed by atoms with van der Waals surface area (Å²) in [5.41, 5.74) is 1.27. The first kappa shape index (κ1) is 19.4. The van der Waals surface area contributed by atoms with Gasteiger partial charge in [-0.25, -0.2) is 4.98 Å². The van der Waals surface area contributed by atoms with Crippen molar-refractivity contribution in [2.75, 3.05) is 0 Å². The molecule has 0 aliphatic heterocycles. The molecule has 1 amide bonds. The molecule has 0 aromatic carbocycles. The van der Waals surface area contributed by atoms with Gasteiger partial charge in [-0.2, -0.15) is 0 Å². The van der Waals surface area contributed by atoms with Gasteiger partial charge in [-0.1, -0.05) is 12.1 Å². The molecule has 0 saturated carbocycles. The topological polar surface area (TPSA) is 118 Å². The van der Waals surface area contributed by atoms with Crippen molar-refractivity contribution >= 4 is 22.6 Å². The van der Waals surface area contributed by atoms with Gasteiger partial charge >= 0.3 is 0 Å². The summed E-state index contributed by atoms with van der Waals surface area (Å²) in [6, 6.07) is 13.8. The summed E-state index contributed by atoms with van der Waals surface area (Å²) >= 11 is 0. The zero-order valence-electron chi connectivity index (χ0n) is 16.9. The van der Waals surface area contributed by atoms with Gasteiger partial charge in [0.15, 0.2) is 0 Å². The molecule has 5 aromatic rings. The Morgan fingerprint density at radius 2 is 2.06 bits per heavy atom. The van der Waals surface area contributed by atoms with Crippen LogP contribution in [0.2, 0.25) is 0 Å². The van der Waals surface area contributed by atoms with Crippen molar-refractivity contribution in [3.05, 3.63) is 106 Å². The molecule has 0 fully saturated rings. The molecule has 0 unspecified atom stereocenters. The summed E-state index contributed by atoms with van der Waals surface area (Å²) in [5.74, 6) is 0.110. The molecule has 5 rings (SSSR count). The largest absolute Gasteiger partial charge is 0.467 e. The fraction of sp³-hybridized carbons (Fsp3) is 0.0870. The Labute approximate surface area is 181 Å². The average molecular weight is 426 g/mol. The number of nitrogens with one attached hydrogen (secondary N) is 2. The maximum absolute atomic E-state index is 13.2. The molecule has 0 radical (unpaired) electrons. The number of hydrogen-bond acceptors (Lipinski definition) is 6. The summed E-state index contributed by atoms with van der Waals surface area (Å²) in [4.78, 5) is 34.8. The zero-order chi connectivity index (χ0) is 22.1. The highest BCUT2D eigenvalue weighted by Gasteiger charge is 2.18. The maximum atomic E-state index is 13.2. The number of hydrogen-bond donors (Lipinski definition) is 2. The lowest BCUT2D eigenvalue weighted by atomic mass is 10.2. The second-order valence-corrected chi connectivity index (χ2v) is 7.20. The molecule has 0 aliphatic carbocycles. The summed E-state index contributed by atoms with van der Waals surface area (Å²) in [7, 11) is 0. The number of rotatable bonds is 5. The lowest BCUT2D eigenvalue weighted by Crippen LogP contribution is -2.35. The van der Waals surface area contributed by atoms with Crippen LogP contribution < -0.4 is 16.4 Å². The van der Waals surface area contributed by atoms with Gasteiger partial charge in [0, 0.05) is 25.1 Å². The molecule has 9 nitrogen and oxygen atoms in total. The van der Waals surface area contributed by atoms with E-state index >= 15 is 0 Å². The van der Waals surface area contributed by atoms with Crippen molar-refractivity contribution < 1.29 is 9.21 Å². The van der Waals surface area contributed by atoms with Gasteiger partial charge < -0.3 is 14.3 Å². The summed E-state index contributed by atoms with van der Waals surface area (Å²) < 4.78 is 8.37. The van der Waals surface area contributed by atoms with Gasteiger partial charge in [0.1, 0.15) is 22.5 Å². The molecule has 0 bridgehead atoms. The van der Waals surface area contributed by atoms with Crippen LogP contribution >= 0.6 is 0 Å². The number of furan rings is 1. The molecule has 0 atom stereocenters. The van der Waals surface area contributed by atoms with Crippen LogP contribution in [0, 0.1) is 5.41 Å². The second kappa shape index (κ2) is 7.95. The lowest BCUT2D eigenvalue weighted by molar-refractivity contribution is 0.0948. The van der Waals surface area contributed by atoms with Crippen LogP contribution in [0.3, 0.4) is 0 Å². The molecule has 5 aromatic heterocycles. The third-order valence-electron chi connectivity index (χ3n) is 5.13. The molecule has 5 heterocycles. The van der Waals surface area contributed by atoms with Crippen LogP contribution in [0.15, 0.2) is 82.6 Å². The normalized spacial score (nSPS) is 11.1. The molecule has 32 heavy (non-hydrogen) atoms. The summed E-state index contributed by atoms with van der Waals surface area (Å²) in [6.07, 6.45) is 6.46. The highest BCUT2D eigenvalue weighted by Crippen LogP contribution is 2.13. The second-order valence-electron chi connectivity index (χ2n) is 7.20. The Bertz CT molecular complexity index is 1550. The van der Waals surface area contributed by atoms with Crippen LogP contribution in [-0.2, 0) is 13.1 Å². The lowest BCUT2D eigenvalue weighted by Gasteiger charge is -2.14. The van der Waals surface area contributed by atoms with E-state index in [1.807, 2.05) is 6.07 Å². The molecule has 0 spiro atoms. The highest BCUT2D eigenvalue weighted by molar-refractivity contribution is 5.96. The Morgan fingerprint density at radius 1 is 1.16 bits per heavy atom. The van der Waals surface area contributed by atoms with E-state index in [2.05, 4.69) is 15.3 Å². The number of nitrogens with zero attached hydrogens (tertiary/aromatic N) is 4. The van der Waals surface area contributed by atoms with Crippen molar-refractivity contribution in [1.29, 1.82) is 5.41 Å². The Hall–Kier alpha value is -4.53. The molecular weight excluding hydrogens is 408 g/mol. The molecular formula is C23H18N6O3. The van der Waals surface area contributed by atoms with Crippen LogP contribution in [-0.4, -0.2) is 24.8 Å². The average Bonchev–Trinajstić information content (AvgIpc) is 3.34. The van der Waals surface area contributed by atoms with Crippen molar-refractivity contribution in [2.24, 2.45) is 0 Å². The van der Waals surface area contributed by atoms with Crippen LogP contribution in [0.4, 0.5) is 0 Å². The zero-order valence-corrected chi connectivity index (χ0v) is 16.9. The number of carbonyl (C=O) groups excluding carboxylic acids is 1. The first-order chi connectivity index (χ1) is 15.6. The van der Waals surface area contributed by atoms with Gasteiger partial charge in [0.05, 0.1) is 23.8 Å². The number of pyridine rings is 3. The molecule has 2 N–H and O–H groups in total. The van der Waals surface area contributed by atoms with Gasteiger partial charge in [-0.05, 0) is 42.0 Å². The Balaban J connectivity index is 1.67. The fourth-order valence-corrected chi connectivity index (χ4v) is 3.55. The smallest absolute Gasteiger partial charge is 0.267 e. The van der Waals surface area contributed by atoms with E-state index in [1.165, 1.54) is 21.3 Å². The van der Waals surface area contributed by atoms with E-state index in [-0.39, 0.29) is 35.1 Å². The number of aromatic nitrogens is 4. The van der Waals surface area contributed by atoms with E-state index in [9.17, 15) is 9.59 Å². The predicted octanol–water partition coefficient (Wildman–Crippen LogP) is 2.09. The summed E-state index contributed by atoms with van der Waals surface area (Å²) in [5, 5.41) is 11.8. The van der Waals surface area contributed by atoms with Crippen molar-refractivity contribution in [3.8, 4) is 0 Å². The number of carbonyl (C=O) groups is 1.